The molecule has 0 aliphatic rings. The summed E-state index contributed by atoms with van der Waals surface area (Å²) in [7, 11) is 0. The number of carboxylic acids is 1. The smallest absolute Gasteiger partial charge is 0.308 e. The number of rotatable bonds is 8. The fourth-order valence-corrected chi connectivity index (χ4v) is 1.86. The lowest BCUT2D eigenvalue weighted by molar-refractivity contribution is -0.385. The van der Waals surface area contributed by atoms with Crippen molar-refractivity contribution < 1.29 is 25.0 Å². The molecule has 0 aromatic heterocycles. The molecule has 10 nitrogen and oxygen atoms in total. The summed E-state index contributed by atoms with van der Waals surface area (Å²) in [5, 5.41) is 42.6. The van der Waals surface area contributed by atoms with Crippen LogP contribution in [0.5, 0.6) is 0 Å². The van der Waals surface area contributed by atoms with Gasteiger partial charge in [-0.15, -0.1) is 0 Å². The minimum atomic E-state index is -1.41. The van der Waals surface area contributed by atoms with Crippen molar-refractivity contribution in [1.82, 2.24) is 0 Å². The highest BCUT2D eigenvalue weighted by Crippen LogP contribution is 2.27. The maximum atomic E-state index is 11.0. The maximum Gasteiger partial charge on any atom is 0.308 e. The summed E-state index contributed by atoms with van der Waals surface area (Å²) >= 11 is 0. The third-order valence-electron chi connectivity index (χ3n) is 2.94. The molecular formula is C12H14N4O6. The minimum Gasteiger partial charge on any atom is -0.481 e. The molecule has 0 radical (unpaired) electrons. The molecule has 22 heavy (non-hydrogen) atoms. The Hall–Kier alpha value is -2.68. The monoisotopic (exact) mass is 310 g/mol. The van der Waals surface area contributed by atoms with Crippen LogP contribution in [0.2, 0.25) is 0 Å². The minimum absolute atomic E-state index is 0.00276. The van der Waals surface area contributed by atoms with E-state index in [0.29, 0.717) is 0 Å². The highest BCUT2D eigenvalue weighted by atomic mass is 16.6. The molecule has 0 amide bonds. The van der Waals surface area contributed by atoms with Gasteiger partial charge in [0.2, 0.25) is 0 Å². The number of carboxylic acid groups (broad SMARTS) is 1. The fourth-order valence-electron chi connectivity index (χ4n) is 1.86. The second kappa shape index (κ2) is 7.93. The molecule has 2 unspecified atom stereocenters. The van der Waals surface area contributed by atoms with E-state index in [-0.39, 0.29) is 24.1 Å². The quantitative estimate of drug-likeness (QED) is 0.215. The molecule has 0 spiro atoms. The van der Waals surface area contributed by atoms with E-state index in [1.54, 1.807) is 0 Å². The lowest BCUT2D eigenvalue weighted by atomic mass is 9.98. The van der Waals surface area contributed by atoms with Crippen LogP contribution in [0.1, 0.15) is 23.7 Å². The van der Waals surface area contributed by atoms with Gasteiger partial charge in [-0.05, 0) is 17.5 Å². The molecule has 0 aliphatic carbocycles. The highest BCUT2D eigenvalue weighted by molar-refractivity contribution is 5.72. The summed E-state index contributed by atoms with van der Waals surface area (Å²) in [4.78, 5) is 23.4. The number of nitro groups is 1. The third kappa shape index (κ3) is 4.70. The van der Waals surface area contributed by atoms with E-state index >= 15 is 0 Å². The van der Waals surface area contributed by atoms with Crippen LogP contribution in [0.15, 0.2) is 23.3 Å². The first-order valence-electron chi connectivity index (χ1n) is 6.22. The normalized spacial score (nSPS) is 13.0. The zero-order valence-corrected chi connectivity index (χ0v) is 11.4. The number of hydrogen-bond donors (Lipinski definition) is 3. The van der Waals surface area contributed by atoms with Gasteiger partial charge in [0.1, 0.15) is 6.10 Å². The number of nitrogens with zero attached hydrogens (tertiary/aromatic N) is 4. The van der Waals surface area contributed by atoms with Crippen molar-refractivity contribution in [3.63, 3.8) is 0 Å². The average Bonchev–Trinajstić information content (AvgIpc) is 2.46. The first kappa shape index (κ1) is 17.4. The molecule has 118 valence electrons. The predicted molar refractivity (Wildman–Crippen MR) is 74.0 cm³/mol. The van der Waals surface area contributed by atoms with Gasteiger partial charge in [-0.3, -0.25) is 14.9 Å². The number of nitro benzene ring substituents is 1. The van der Waals surface area contributed by atoms with E-state index in [2.05, 4.69) is 10.0 Å². The number of carbonyl (C=O) groups is 1. The molecular weight excluding hydrogens is 296 g/mol. The van der Waals surface area contributed by atoms with Crippen LogP contribution in [-0.2, 0) is 11.2 Å². The van der Waals surface area contributed by atoms with Crippen LogP contribution in [0.25, 0.3) is 10.4 Å². The first-order valence-corrected chi connectivity index (χ1v) is 6.22. The molecule has 0 aliphatic heterocycles. The average molecular weight is 310 g/mol. The summed E-state index contributed by atoms with van der Waals surface area (Å²) in [5.74, 6) is -1.22. The number of aliphatic hydroxyl groups is 2. The Bertz CT molecular complexity index is 614. The van der Waals surface area contributed by atoms with Crippen molar-refractivity contribution in [2.24, 2.45) is 5.11 Å². The Balaban J connectivity index is 3.00. The van der Waals surface area contributed by atoms with Crippen LogP contribution in [0.4, 0.5) is 5.69 Å². The van der Waals surface area contributed by atoms with Gasteiger partial charge in [0.15, 0.2) is 0 Å². The molecule has 0 saturated carbocycles. The van der Waals surface area contributed by atoms with E-state index in [1.807, 2.05) is 0 Å². The summed E-state index contributed by atoms with van der Waals surface area (Å²) in [6.45, 7) is -0.0338. The van der Waals surface area contributed by atoms with Crippen molar-refractivity contribution in [3.8, 4) is 0 Å². The molecule has 1 aromatic carbocycles. The maximum absolute atomic E-state index is 11.0. The van der Waals surface area contributed by atoms with Gasteiger partial charge in [0, 0.05) is 23.1 Å². The Labute approximate surface area is 124 Å². The summed E-state index contributed by atoms with van der Waals surface area (Å²) in [6.07, 6.45) is -3.22. The predicted octanol–water partition coefficient (Wildman–Crippen LogP) is 1.32. The highest BCUT2D eigenvalue weighted by Gasteiger charge is 2.23. The summed E-state index contributed by atoms with van der Waals surface area (Å²) < 4.78 is 0. The van der Waals surface area contributed by atoms with Gasteiger partial charge >= 0.3 is 5.97 Å². The van der Waals surface area contributed by atoms with Crippen LogP contribution >= 0.6 is 0 Å². The van der Waals surface area contributed by atoms with Crippen molar-refractivity contribution in [2.75, 3.05) is 6.54 Å². The Morgan fingerprint density at radius 3 is 2.68 bits per heavy atom. The molecule has 0 saturated heterocycles. The Kier molecular flexibility index (Phi) is 6.26. The van der Waals surface area contributed by atoms with Gasteiger partial charge in [-0.25, -0.2) is 0 Å². The second-order valence-electron chi connectivity index (χ2n) is 4.47. The van der Waals surface area contributed by atoms with Crippen molar-refractivity contribution >= 4 is 11.7 Å². The Morgan fingerprint density at radius 1 is 1.45 bits per heavy atom. The van der Waals surface area contributed by atoms with E-state index in [4.69, 9.17) is 10.6 Å². The summed E-state index contributed by atoms with van der Waals surface area (Å²) in [5.41, 5.74) is 7.76. The van der Waals surface area contributed by atoms with Crippen LogP contribution < -0.4 is 0 Å². The topological polar surface area (TPSA) is 170 Å². The molecule has 0 fully saturated rings. The lowest BCUT2D eigenvalue weighted by Crippen LogP contribution is -2.19. The van der Waals surface area contributed by atoms with Gasteiger partial charge in [0.25, 0.3) is 5.69 Å². The second-order valence-corrected chi connectivity index (χ2v) is 4.47. The fraction of sp³-hybridized carbons (Fsp3) is 0.417. The first-order chi connectivity index (χ1) is 10.4. The third-order valence-corrected chi connectivity index (χ3v) is 2.94. The van der Waals surface area contributed by atoms with Crippen molar-refractivity contribution in [1.29, 1.82) is 0 Å². The SMILES string of the molecule is [N-]=[N+]=NCCC(O)C(O)c1ccc(CC(=O)O)c([N+](=O)[O-])c1. The van der Waals surface area contributed by atoms with Gasteiger partial charge in [-0.2, -0.15) is 0 Å². The van der Waals surface area contributed by atoms with E-state index < -0.39 is 35.2 Å². The molecule has 3 N–H and O–H groups in total. The number of benzene rings is 1. The van der Waals surface area contributed by atoms with Crippen molar-refractivity contribution in [3.05, 3.63) is 49.9 Å². The molecule has 1 rings (SSSR count). The van der Waals surface area contributed by atoms with Gasteiger partial charge in [0.05, 0.1) is 17.4 Å². The van der Waals surface area contributed by atoms with Crippen LogP contribution in [-0.4, -0.2) is 38.9 Å². The lowest BCUT2D eigenvalue weighted by Gasteiger charge is -2.17. The largest absolute Gasteiger partial charge is 0.481 e. The molecule has 0 heterocycles. The molecule has 2 atom stereocenters. The van der Waals surface area contributed by atoms with Gasteiger partial charge < -0.3 is 15.3 Å². The molecule has 1 aromatic rings. The molecule has 10 heteroatoms. The van der Waals surface area contributed by atoms with E-state index in [1.165, 1.54) is 12.1 Å². The number of azide groups is 1. The number of aliphatic hydroxyl groups excluding tert-OH is 2. The van der Waals surface area contributed by atoms with E-state index in [9.17, 15) is 25.1 Å². The molecule has 0 bridgehead atoms. The van der Waals surface area contributed by atoms with Gasteiger partial charge in [-0.1, -0.05) is 17.2 Å². The van der Waals surface area contributed by atoms with Crippen molar-refractivity contribution in [2.45, 2.75) is 25.0 Å². The standard InChI is InChI=1S/C12H14N4O6/c13-15-14-4-3-10(17)12(20)8-2-1-7(6-11(18)19)9(5-8)16(21)22/h1-2,5,10,12,17,20H,3-4,6H2,(H,18,19). The zero-order valence-electron chi connectivity index (χ0n) is 11.4. The number of hydrogen-bond acceptors (Lipinski definition) is 6. The van der Waals surface area contributed by atoms with Crippen LogP contribution in [0, 0.1) is 10.1 Å². The van der Waals surface area contributed by atoms with E-state index in [0.717, 1.165) is 6.07 Å². The Morgan fingerprint density at radius 2 is 2.14 bits per heavy atom. The van der Waals surface area contributed by atoms with Crippen LogP contribution in [0.3, 0.4) is 0 Å². The zero-order chi connectivity index (χ0) is 16.7. The summed E-state index contributed by atoms with van der Waals surface area (Å²) in [6, 6.07) is 3.57. The number of aliphatic carboxylic acids is 1.